The number of allylic oxidation sites excluding steroid dienone is 4. The molecule has 0 fully saturated rings. The van der Waals surface area contributed by atoms with Gasteiger partial charge in [-0.25, -0.2) is 4.98 Å². The van der Waals surface area contributed by atoms with Gasteiger partial charge >= 0.3 is 11.9 Å². The fraction of sp³-hybridized carbons (Fsp3) is 0.343. The van der Waals surface area contributed by atoms with Gasteiger partial charge in [0, 0.05) is 37.0 Å². The van der Waals surface area contributed by atoms with Crippen molar-refractivity contribution in [2.24, 2.45) is 0 Å². The number of carbonyl (C=O) groups is 2. The number of hydrogen-bond donors (Lipinski definition) is 2. The first-order valence-corrected chi connectivity index (χ1v) is 14.8. The van der Waals surface area contributed by atoms with Gasteiger partial charge in [-0.05, 0) is 75.7 Å². The molecular weight excluding hydrogens is 604 g/mol. The summed E-state index contributed by atoms with van der Waals surface area (Å²) in [5.41, 5.74) is 14.6. The molecule has 5 rings (SSSR count). The summed E-state index contributed by atoms with van der Waals surface area (Å²) in [5, 5.41) is 19.0. The van der Waals surface area contributed by atoms with E-state index in [1.54, 1.807) is 0 Å². The molecule has 0 saturated carbocycles. The van der Waals surface area contributed by atoms with E-state index >= 15 is 0 Å². The van der Waals surface area contributed by atoms with Crippen LogP contribution in [0.2, 0.25) is 0 Å². The fourth-order valence-corrected chi connectivity index (χ4v) is 6.36. The number of carboxylic acid groups (broad SMARTS) is 2. The standard InChI is InChI=1S/C35H40N4O4.Cu/c1-8-22-18(3)28-17-33-23(9-2)21(6)32(39(33)7)16-27-20(5)25(11-13-35(42)43)31(38-27)15-30-24(10-12-34(40)41)19(4)26(36-30)14-29(22)37-28;/h14-17H,7-13H2,1-6H3,(H4,36,37,38,40,41,42,43);/p-2. The largest absolute Gasteiger partial charge is 0.658 e. The van der Waals surface area contributed by atoms with Crippen LogP contribution in [0.15, 0.2) is 24.3 Å². The Morgan fingerprint density at radius 3 is 1.86 bits per heavy atom. The molecule has 8 bridgehead atoms. The quantitative estimate of drug-likeness (QED) is 0.165. The summed E-state index contributed by atoms with van der Waals surface area (Å²) in [4.78, 5) is 38.2. The molecule has 3 aromatic heterocycles. The third-order valence-electron chi connectivity index (χ3n) is 8.87. The minimum absolute atomic E-state index is 0. The molecule has 0 amide bonds. The second-order valence-corrected chi connectivity index (χ2v) is 11.3. The van der Waals surface area contributed by atoms with Crippen molar-refractivity contribution >= 4 is 56.3 Å². The van der Waals surface area contributed by atoms with Crippen LogP contribution in [0.5, 0.6) is 0 Å². The van der Waals surface area contributed by atoms with Gasteiger partial charge in [0.15, 0.2) is 0 Å². The van der Waals surface area contributed by atoms with E-state index in [-0.39, 0.29) is 29.9 Å². The van der Waals surface area contributed by atoms with Gasteiger partial charge in [0.25, 0.3) is 0 Å². The van der Waals surface area contributed by atoms with E-state index in [2.05, 4.69) is 40.8 Å². The number of aryl methyl sites for hydroxylation is 4. The van der Waals surface area contributed by atoms with Gasteiger partial charge in [0.05, 0.1) is 11.4 Å². The fourth-order valence-electron chi connectivity index (χ4n) is 6.36. The van der Waals surface area contributed by atoms with E-state index < -0.39 is 11.9 Å². The molecule has 1 radical (unpaired) electrons. The molecule has 9 heteroatoms. The van der Waals surface area contributed by atoms with Crippen molar-refractivity contribution in [1.29, 1.82) is 0 Å². The Morgan fingerprint density at radius 2 is 1.27 bits per heavy atom. The molecule has 2 aliphatic heterocycles. The van der Waals surface area contributed by atoms with Gasteiger partial charge in [-0.15, -0.1) is 22.1 Å². The zero-order chi connectivity index (χ0) is 31.2. The Labute approximate surface area is 268 Å². The molecule has 8 nitrogen and oxygen atoms in total. The maximum atomic E-state index is 11.6. The van der Waals surface area contributed by atoms with Crippen LogP contribution in [0.4, 0.5) is 0 Å². The number of hydrogen-bond acceptors (Lipinski definition) is 3. The third-order valence-corrected chi connectivity index (χ3v) is 8.87. The number of carboxylic acids is 2. The van der Waals surface area contributed by atoms with E-state index in [4.69, 9.17) is 15.0 Å². The Balaban J connectivity index is 0.00000442. The summed E-state index contributed by atoms with van der Waals surface area (Å²) in [5.74, 6) is -1.76. The van der Waals surface area contributed by atoms with E-state index in [1.165, 1.54) is 5.57 Å². The second-order valence-electron chi connectivity index (χ2n) is 11.3. The molecule has 0 aliphatic carbocycles. The first-order valence-electron chi connectivity index (χ1n) is 14.8. The van der Waals surface area contributed by atoms with Crippen LogP contribution in [-0.4, -0.2) is 27.1 Å². The van der Waals surface area contributed by atoms with Gasteiger partial charge < -0.3 is 24.7 Å². The molecule has 2 aliphatic rings. The third kappa shape index (κ3) is 5.86. The monoisotopic (exact) mass is 641 g/mol. The summed E-state index contributed by atoms with van der Waals surface area (Å²) >= 11 is 0. The summed E-state index contributed by atoms with van der Waals surface area (Å²) < 4.78 is 1.95. The molecule has 0 spiro atoms. The minimum Gasteiger partial charge on any atom is -0.658 e. The maximum Gasteiger partial charge on any atom is 0.303 e. The van der Waals surface area contributed by atoms with Crippen LogP contribution in [0, 0.1) is 20.9 Å². The molecular formula is C35H38CuN4O4-2. The predicted molar refractivity (Wildman–Crippen MR) is 169 cm³/mol. The Morgan fingerprint density at radius 1 is 0.727 bits per heavy atom. The van der Waals surface area contributed by atoms with E-state index in [0.29, 0.717) is 24.1 Å². The molecule has 2 N–H and O–H groups in total. The SMILES string of the molecule is [CH2-][n+]1c2cc3[n-]c(cc4nc(cc5[n-]c(cc1C(CC)=C2C)c(C)c5CC)C(C)=C4CCC(=O)O)c(CCC(=O)O)c3C.[Cu]. The van der Waals surface area contributed by atoms with Crippen molar-refractivity contribution in [2.45, 2.75) is 80.1 Å². The first-order chi connectivity index (χ1) is 20.4. The molecule has 44 heavy (non-hydrogen) atoms. The minimum atomic E-state index is -0.879. The maximum absolute atomic E-state index is 11.6. The number of nitrogens with zero attached hydrogens (tertiary/aromatic N) is 4. The molecule has 235 valence electrons. The first kappa shape index (κ1) is 32.8. The Bertz CT molecular complexity index is 1910. The average molecular weight is 642 g/mol. The second kappa shape index (κ2) is 12.9. The zero-order valence-electron chi connectivity index (χ0n) is 26.1. The van der Waals surface area contributed by atoms with E-state index in [0.717, 1.165) is 85.4 Å². The van der Waals surface area contributed by atoms with Crippen molar-refractivity contribution in [2.75, 3.05) is 0 Å². The topological polar surface area (TPSA) is 120 Å². The van der Waals surface area contributed by atoms with Gasteiger partial charge in [-0.1, -0.05) is 60.4 Å². The van der Waals surface area contributed by atoms with Crippen molar-refractivity contribution in [3.05, 3.63) is 76.3 Å². The molecule has 3 aromatic rings. The van der Waals surface area contributed by atoms with Crippen LogP contribution in [-0.2, 0) is 39.5 Å². The molecule has 5 heterocycles. The van der Waals surface area contributed by atoms with Crippen LogP contribution < -0.4 is 14.5 Å². The van der Waals surface area contributed by atoms with E-state index in [9.17, 15) is 19.8 Å². The normalized spacial score (nSPS) is 13.0. The number of rotatable bonds is 8. The van der Waals surface area contributed by atoms with Crippen molar-refractivity contribution < 1.29 is 41.4 Å². The van der Waals surface area contributed by atoms with Gasteiger partial charge in [0.1, 0.15) is 11.4 Å². The summed E-state index contributed by atoms with van der Waals surface area (Å²) in [6.07, 6.45) is 2.22. The smallest absolute Gasteiger partial charge is 0.303 e. The van der Waals surface area contributed by atoms with Crippen LogP contribution in [0.25, 0.3) is 44.4 Å². The van der Waals surface area contributed by atoms with Crippen LogP contribution in [0.3, 0.4) is 0 Å². The number of fused-ring (bicyclic) bond motifs is 8. The molecule has 0 unspecified atom stereocenters. The summed E-state index contributed by atoms with van der Waals surface area (Å²) in [6.45, 7) is 12.4. The van der Waals surface area contributed by atoms with Crippen molar-refractivity contribution in [1.82, 2.24) is 15.0 Å². The van der Waals surface area contributed by atoms with Crippen molar-refractivity contribution in [3.8, 4) is 0 Å². The zero-order valence-corrected chi connectivity index (χ0v) is 27.0. The summed E-state index contributed by atoms with van der Waals surface area (Å²) in [7, 11) is 4.42. The molecule has 0 saturated heterocycles. The Hall–Kier alpha value is -4.07. The van der Waals surface area contributed by atoms with Gasteiger partial charge in [-0.3, -0.25) is 9.59 Å². The Kier molecular flexibility index (Phi) is 9.62. The van der Waals surface area contributed by atoms with Gasteiger partial charge in [-0.2, -0.15) is 0 Å². The van der Waals surface area contributed by atoms with Crippen LogP contribution >= 0.6 is 0 Å². The summed E-state index contributed by atoms with van der Waals surface area (Å²) in [6, 6.07) is 8.04. The molecule has 0 atom stereocenters. The molecule has 0 aromatic carbocycles. The predicted octanol–water partition coefficient (Wildman–Crippen LogP) is 6.44. The van der Waals surface area contributed by atoms with Crippen LogP contribution in [0.1, 0.15) is 98.4 Å². The number of aromatic nitrogens is 4. The van der Waals surface area contributed by atoms with Gasteiger partial charge in [0.2, 0.25) is 0 Å². The van der Waals surface area contributed by atoms with E-state index in [1.807, 2.05) is 36.6 Å². The average Bonchev–Trinajstić information content (AvgIpc) is 3.59. The number of aliphatic carboxylic acids is 2. The van der Waals surface area contributed by atoms with Crippen molar-refractivity contribution in [3.63, 3.8) is 0 Å².